The summed E-state index contributed by atoms with van der Waals surface area (Å²) in [7, 11) is 1.31. The minimum absolute atomic E-state index is 0.0197. The van der Waals surface area contributed by atoms with Crippen molar-refractivity contribution in [2.75, 3.05) is 7.05 Å². The van der Waals surface area contributed by atoms with Gasteiger partial charge in [0.05, 0.1) is 30.6 Å². The SMILES string of the molecule is C[N+]([O-])(c1cnccc1[N+](=O)[O-])n1cccc1. The van der Waals surface area contributed by atoms with Crippen molar-refractivity contribution in [2.45, 2.75) is 0 Å². The van der Waals surface area contributed by atoms with Crippen molar-refractivity contribution in [3.05, 3.63) is 58.3 Å². The number of hydrogen-bond acceptors (Lipinski definition) is 4. The van der Waals surface area contributed by atoms with Crippen LogP contribution in [-0.2, 0) is 0 Å². The first-order valence-electron chi connectivity index (χ1n) is 4.84. The highest BCUT2D eigenvalue weighted by Crippen LogP contribution is 2.30. The fourth-order valence-electron chi connectivity index (χ4n) is 1.56. The molecule has 2 aromatic rings. The summed E-state index contributed by atoms with van der Waals surface area (Å²) < 4.78 is 0.279. The van der Waals surface area contributed by atoms with Crippen LogP contribution in [0.25, 0.3) is 0 Å². The van der Waals surface area contributed by atoms with Crippen LogP contribution in [0, 0.1) is 15.3 Å². The van der Waals surface area contributed by atoms with Gasteiger partial charge in [0.2, 0.25) is 0 Å². The highest BCUT2D eigenvalue weighted by atomic mass is 16.6. The van der Waals surface area contributed by atoms with Crippen molar-refractivity contribution in [2.24, 2.45) is 0 Å². The maximum Gasteiger partial charge on any atom is 0.335 e. The molecule has 0 aliphatic heterocycles. The molecule has 0 spiro atoms. The van der Waals surface area contributed by atoms with Gasteiger partial charge in [0, 0.05) is 12.3 Å². The van der Waals surface area contributed by atoms with Crippen molar-refractivity contribution in [1.82, 2.24) is 14.4 Å². The molecule has 0 aromatic carbocycles. The third-order valence-electron chi connectivity index (χ3n) is 2.45. The van der Waals surface area contributed by atoms with Gasteiger partial charge in [-0.1, -0.05) is 0 Å². The Morgan fingerprint density at radius 2 is 2.06 bits per heavy atom. The molecule has 0 amide bonds. The Hall–Kier alpha value is -2.25. The molecule has 88 valence electrons. The monoisotopic (exact) mass is 234 g/mol. The van der Waals surface area contributed by atoms with Gasteiger partial charge in [-0.15, -0.1) is 0 Å². The molecule has 7 nitrogen and oxygen atoms in total. The fourth-order valence-corrected chi connectivity index (χ4v) is 1.56. The minimum Gasteiger partial charge on any atom is -0.601 e. The van der Waals surface area contributed by atoms with Gasteiger partial charge in [0.1, 0.15) is 0 Å². The van der Waals surface area contributed by atoms with Crippen molar-refractivity contribution < 1.29 is 4.92 Å². The van der Waals surface area contributed by atoms with E-state index >= 15 is 0 Å². The third-order valence-corrected chi connectivity index (χ3v) is 2.45. The van der Waals surface area contributed by atoms with E-state index in [0.29, 0.717) is 0 Å². The Balaban J connectivity index is 2.57. The number of nitro groups is 1. The van der Waals surface area contributed by atoms with Crippen molar-refractivity contribution in [3.8, 4) is 0 Å². The van der Waals surface area contributed by atoms with E-state index in [0.717, 1.165) is 0 Å². The Morgan fingerprint density at radius 3 is 2.65 bits per heavy atom. The number of pyridine rings is 1. The zero-order valence-electron chi connectivity index (χ0n) is 9.06. The predicted octanol–water partition coefficient (Wildman–Crippen LogP) is 1.69. The van der Waals surface area contributed by atoms with E-state index in [1.54, 1.807) is 24.5 Å². The zero-order valence-corrected chi connectivity index (χ0v) is 9.06. The van der Waals surface area contributed by atoms with Crippen LogP contribution >= 0.6 is 0 Å². The van der Waals surface area contributed by atoms with Crippen LogP contribution in [0.3, 0.4) is 0 Å². The molecule has 0 aliphatic rings. The molecule has 2 heterocycles. The first-order chi connectivity index (χ1) is 8.03. The molecule has 17 heavy (non-hydrogen) atoms. The Labute approximate surface area is 96.8 Å². The average Bonchev–Trinajstić information content (AvgIpc) is 2.83. The highest BCUT2D eigenvalue weighted by Gasteiger charge is 2.28. The second-order valence-corrected chi connectivity index (χ2v) is 3.56. The van der Waals surface area contributed by atoms with Crippen molar-refractivity contribution in [1.29, 1.82) is 0 Å². The Kier molecular flexibility index (Phi) is 2.62. The van der Waals surface area contributed by atoms with Gasteiger partial charge >= 0.3 is 5.69 Å². The van der Waals surface area contributed by atoms with E-state index in [1.165, 1.54) is 30.2 Å². The predicted molar refractivity (Wildman–Crippen MR) is 61.8 cm³/mol. The molecule has 1 unspecified atom stereocenters. The molecule has 0 saturated carbocycles. The fraction of sp³-hybridized carbons (Fsp3) is 0.100. The van der Waals surface area contributed by atoms with Crippen LogP contribution in [0.5, 0.6) is 0 Å². The smallest absolute Gasteiger partial charge is 0.335 e. The lowest BCUT2D eigenvalue weighted by molar-refractivity contribution is -0.384. The van der Waals surface area contributed by atoms with Gasteiger partial charge < -0.3 is 5.21 Å². The minimum atomic E-state index is -1.03. The van der Waals surface area contributed by atoms with E-state index in [4.69, 9.17) is 0 Å². The van der Waals surface area contributed by atoms with Crippen LogP contribution in [0.15, 0.2) is 43.0 Å². The lowest BCUT2D eigenvalue weighted by Crippen LogP contribution is -2.43. The molecule has 0 saturated heterocycles. The van der Waals surface area contributed by atoms with E-state index in [9.17, 15) is 15.3 Å². The van der Waals surface area contributed by atoms with Crippen molar-refractivity contribution >= 4 is 11.4 Å². The van der Waals surface area contributed by atoms with E-state index in [2.05, 4.69) is 4.98 Å². The third kappa shape index (κ3) is 1.88. The van der Waals surface area contributed by atoms with Gasteiger partial charge in [-0.25, -0.2) is 9.43 Å². The molecular weight excluding hydrogens is 224 g/mol. The maximum absolute atomic E-state index is 12.4. The molecule has 0 fully saturated rings. The number of hydrogen-bond donors (Lipinski definition) is 0. The Morgan fingerprint density at radius 1 is 1.41 bits per heavy atom. The second-order valence-electron chi connectivity index (χ2n) is 3.56. The molecule has 1 atom stereocenters. The van der Waals surface area contributed by atoms with Gasteiger partial charge in [-0.05, 0) is 12.1 Å². The molecule has 2 rings (SSSR count). The number of aromatic nitrogens is 2. The standard InChI is InChI=1S/C10H10N4O3/c1-14(17,12-6-2-3-7-12)10-8-11-5-4-9(10)13(15)16/h2-8H,1H3. The maximum atomic E-state index is 12.4. The van der Waals surface area contributed by atoms with Gasteiger partial charge in [-0.3, -0.25) is 15.1 Å². The van der Waals surface area contributed by atoms with Crippen LogP contribution in [0.4, 0.5) is 11.4 Å². The largest absolute Gasteiger partial charge is 0.601 e. The van der Waals surface area contributed by atoms with E-state index in [-0.39, 0.29) is 11.4 Å². The van der Waals surface area contributed by atoms with Crippen LogP contribution < -0.4 is 4.76 Å². The summed E-state index contributed by atoms with van der Waals surface area (Å²) in [5.74, 6) is 0. The molecular formula is C10H10N4O3. The molecule has 0 N–H and O–H groups in total. The average molecular weight is 234 g/mol. The molecule has 7 heteroatoms. The van der Waals surface area contributed by atoms with Crippen molar-refractivity contribution in [3.63, 3.8) is 0 Å². The first-order valence-corrected chi connectivity index (χ1v) is 4.84. The van der Waals surface area contributed by atoms with Crippen LogP contribution in [0.1, 0.15) is 0 Å². The topological polar surface area (TPSA) is 84.0 Å². The number of nitrogens with zero attached hydrogens (tertiary/aromatic N) is 4. The highest BCUT2D eigenvalue weighted by molar-refractivity contribution is 5.58. The van der Waals surface area contributed by atoms with Gasteiger partial charge in [0.15, 0.2) is 0 Å². The van der Waals surface area contributed by atoms with Crippen LogP contribution in [-0.4, -0.2) is 21.6 Å². The lowest BCUT2D eigenvalue weighted by Gasteiger charge is -2.36. The Bertz CT molecular complexity index is 536. The molecule has 2 aromatic heterocycles. The van der Waals surface area contributed by atoms with E-state index < -0.39 is 9.68 Å². The normalized spacial score (nSPS) is 14.2. The quantitative estimate of drug-likeness (QED) is 0.459. The molecule has 0 bridgehead atoms. The summed E-state index contributed by atoms with van der Waals surface area (Å²) in [6.45, 7) is 0. The summed E-state index contributed by atoms with van der Waals surface area (Å²) in [5.41, 5.74) is -0.264. The number of rotatable bonds is 3. The number of quaternary nitrogens is 1. The lowest BCUT2D eigenvalue weighted by atomic mass is 10.3. The van der Waals surface area contributed by atoms with E-state index in [1.807, 2.05) is 0 Å². The molecule has 0 aliphatic carbocycles. The van der Waals surface area contributed by atoms with Gasteiger partial charge in [-0.2, -0.15) is 0 Å². The number of hydroxylamine groups is 1. The summed E-state index contributed by atoms with van der Waals surface area (Å²) in [5, 5.41) is 23.3. The summed E-state index contributed by atoms with van der Waals surface area (Å²) in [6, 6.07) is 4.57. The van der Waals surface area contributed by atoms with Crippen LogP contribution in [0.2, 0.25) is 0 Å². The second kappa shape index (κ2) is 3.96. The summed E-state index contributed by atoms with van der Waals surface area (Å²) >= 11 is 0. The molecule has 0 radical (unpaired) electrons. The summed E-state index contributed by atoms with van der Waals surface area (Å²) in [4.78, 5) is 14.0. The first kappa shape index (κ1) is 11.2. The summed E-state index contributed by atoms with van der Waals surface area (Å²) in [6.07, 6.45) is 5.59. The zero-order chi connectivity index (χ0) is 12.5. The van der Waals surface area contributed by atoms with Gasteiger partial charge in [0.25, 0.3) is 5.69 Å².